The summed E-state index contributed by atoms with van der Waals surface area (Å²) < 4.78 is 53.8. The van der Waals surface area contributed by atoms with E-state index in [9.17, 15) is 27.2 Å². The molecule has 0 saturated heterocycles. The monoisotopic (exact) mass is 468 g/mol. The fourth-order valence-corrected chi connectivity index (χ4v) is 3.89. The van der Waals surface area contributed by atoms with Gasteiger partial charge in [0.25, 0.3) is 11.8 Å². The Balaban J connectivity index is 1.80. The minimum Gasteiger partial charge on any atom is -0.350 e. The fourth-order valence-electron chi connectivity index (χ4n) is 3.89. The number of halogens is 4. The van der Waals surface area contributed by atoms with Crippen LogP contribution in [0.2, 0.25) is 0 Å². The van der Waals surface area contributed by atoms with Crippen LogP contribution in [0.1, 0.15) is 27.8 Å². The highest BCUT2D eigenvalue weighted by atomic mass is 19.4. The molecule has 0 fully saturated rings. The van der Waals surface area contributed by atoms with Crippen molar-refractivity contribution in [3.05, 3.63) is 106 Å². The summed E-state index contributed by atoms with van der Waals surface area (Å²) in [6.07, 6.45) is -4.57. The lowest BCUT2D eigenvalue weighted by molar-refractivity contribution is -0.138. The molecule has 0 unspecified atom stereocenters. The van der Waals surface area contributed by atoms with Crippen LogP contribution in [0.15, 0.2) is 72.4 Å². The topological polar surface area (TPSA) is 49.4 Å². The van der Waals surface area contributed by atoms with E-state index in [-0.39, 0.29) is 29.1 Å². The number of hydrogen-bond donors (Lipinski definition) is 1. The Labute approximate surface area is 193 Å². The number of nitrogens with one attached hydrogen (secondary N) is 1. The van der Waals surface area contributed by atoms with E-state index in [1.54, 1.807) is 25.1 Å². The van der Waals surface area contributed by atoms with Crippen molar-refractivity contribution < 1.29 is 27.2 Å². The molecule has 0 aliphatic carbocycles. The molecule has 0 radical (unpaired) electrons. The van der Waals surface area contributed by atoms with E-state index in [1.165, 1.54) is 30.3 Å². The average Bonchev–Trinajstić information content (AvgIpc) is 2.99. The number of hydrogen-bond acceptors (Lipinski definition) is 3. The summed E-state index contributed by atoms with van der Waals surface area (Å²) in [6.45, 7) is 3.33. The predicted octanol–water partition coefficient (Wildman–Crippen LogP) is 5.85. The third-order valence-corrected chi connectivity index (χ3v) is 5.56. The van der Waals surface area contributed by atoms with E-state index in [2.05, 4.69) is 5.32 Å². The van der Waals surface area contributed by atoms with Crippen LogP contribution in [0.5, 0.6) is 0 Å². The van der Waals surface area contributed by atoms with Gasteiger partial charge in [-0.25, -0.2) is 4.39 Å². The largest absolute Gasteiger partial charge is 0.416 e. The maximum Gasteiger partial charge on any atom is 0.416 e. The molecule has 8 heteroatoms. The lowest BCUT2D eigenvalue weighted by Crippen LogP contribution is -2.32. The predicted molar refractivity (Wildman–Crippen MR) is 120 cm³/mol. The molecule has 0 saturated carbocycles. The van der Waals surface area contributed by atoms with Gasteiger partial charge in [0.05, 0.1) is 17.7 Å². The summed E-state index contributed by atoms with van der Waals surface area (Å²) in [6, 6.07) is 15.4. The molecule has 0 aromatic heterocycles. The highest BCUT2D eigenvalue weighted by Gasteiger charge is 2.40. The fraction of sp³-hybridized carbons (Fsp3) is 0.154. The Morgan fingerprint density at radius 3 is 2.29 bits per heavy atom. The van der Waals surface area contributed by atoms with Crippen molar-refractivity contribution in [2.45, 2.75) is 26.6 Å². The number of alkyl halides is 3. The second-order valence-electron chi connectivity index (χ2n) is 8.06. The lowest BCUT2D eigenvalue weighted by Gasteiger charge is -2.16. The summed E-state index contributed by atoms with van der Waals surface area (Å²) >= 11 is 0. The SMILES string of the molecule is Cc1ccc(C2=C(Nc3cccc(C(F)(F)F)c3)C(=O)N(Cc3ccccc3F)C2=O)c(C)c1. The summed E-state index contributed by atoms with van der Waals surface area (Å²) in [5.41, 5.74) is 1.23. The molecule has 0 bridgehead atoms. The molecule has 3 aromatic carbocycles. The van der Waals surface area contributed by atoms with E-state index >= 15 is 0 Å². The molecule has 174 valence electrons. The second-order valence-corrected chi connectivity index (χ2v) is 8.06. The highest BCUT2D eigenvalue weighted by Crippen LogP contribution is 2.35. The van der Waals surface area contributed by atoms with Crippen LogP contribution in [0.25, 0.3) is 5.57 Å². The summed E-state index contributed by atoms with van der Waals surface area (Å²) in [5.74, 6) is -1.98. The summed E-state index contributed by atoms with van der Waals surface area (Å²) in [7, 11) is 0. The van der Waals surface area contributed by atoms with Crippen LogP contribution in [0.4, 0.5) is 23.2 Å². The molecule has 0 atom stereocenters. The van der Waals surface area contributed by atoms with E-state index in [0.29, 0.717) is 11.1 Å². The van der Waals surface area contributed by atoms with Gasteiger partial charge < -0.3 is 5.32 Å². The number of nitrogens with zero attached hydrogens (tertiary/aromatic N) is 1. The zero-order chi connectivity index (χ0) is 24.6. The normalized spacial score (nSPS) is 14.2. The Bertz CT molecular complexity index is 1330. The Morgan fingerprint density at radius 1 is 0.882 bits per heavy atom. The standard InChI is InChI=1S/C26H20F4N2O2/c1-15-10-11-20(16(2)12-15)22-23(31-19-8-5-7-18(13-19)26(28,29)30)25(34)32(24(22)33)14-17-6-3-4-9-21(17)27/h3-13,31H,14H2,1-2H3. The molecule has 0 spiro atoms. The number of aryl methyl sites for hydroxylation is 2. The van der Waals surface area contributed by atoms with Crippen LogP contribution in [-0.4, -0.2) is 16.7 Å². The Kier molecular flexibility index (Phi) is 6.00. The number of carbonyl (C=O) groups is 2. The first-order valence-corrected chi connectivity index (χ1v) is 10.4. The number of carbonyl (C=O) groups excluding carboxylic acids is 2. The van der Waals surface area contributed by atoms with Crippen molar-refractivity contribution in [3.63, 3.8) is 0 Å². The summed E-state index contributed by atoms with van der Waals surface area (Å²) in [5, 5.41) is 2.73. The molecule has 3 aromatic rings. The van der Waals surface area contributed by atoms with Gasteiger partial charge in [-0.1, -0.05) is 48.0 Å². The minimum absolute atomic E-state index is 0.000909. The van der Waals surface area contributed by atoms with Crippen molar-refractivity contribution >= 4 is 23.1 Å². The van der Waals surface area contributed by atoms with Gasteiger partial charge in [0, 0.05) is 11.3 Å². The zero-order valence-corrected chi connectivity index (χ0v) is 18.3. The first-order valence-electron chi connectivity index (χ1n) is 10.4. The molecule has 1 heterocycles. The van der Waals surface area contributed by atoms with Crippen LogP contribution in [-0.2, 0) is 22.3 Å². The van der Waals surface area contributed by atoms with Crippen molar-refractivity contribution in [2.24, 2.45) is 0 Å². The van der Waals surface area contributed by atoms with Crippen molar-refractivity contribution in [1.82, 2.24) is 4.90 Å². The Morgan fingerprint density at radius 2 is 1.62 bits per heavy atom. The van der Waals surface area contributed by atoms with Gasteiger partial charge in [0.2, 0.25) is 0 Å². The molecular weight excluding hydrogens is 448 g/mol. The van der Waals surface area contributed by atoms with Crippen molar-refractivity contribution in [1.29, 1.82) is 0 Å². The molecule has 34 heavy (non-hydrogen) atoms. The van der Waals surface area contributed by atoms with Gasteiger partial charge >= 0.3 is 6.18 Å². The number of amides is 2. The molecule has 1 N–H and O–H groups in total. The van der Waals surface area contributed by atoms with Gasteiger partial charge in [0.15, 0.2) is 0 Å². The third kappa shape index (κ3) is 4.44. The average molecular weight is 468 g/mol. The maximum atomic E-state index is 14.2. The van der Waals surface area contributed by atoms with E-state index in [4.69, 9.17) is 0 Å². The molecular formula is C26H20F4N2O2. The summed E-state index contributed by atoms with van der Waals surface area (Å²) in [4.78, 5) is 27.6. The van der Waals surface area contributed by atoms with Crippen LogP contribution in [0.3, 0.4) is 0 Å². The van der Waals surface area contributed by atoms with Gasteiger partial charge in [0.1, 0.15) is 11.5 Å². The maximum absolute atomic E-state index is 14.2. The highest BCUT2D eigenvalue weighted by molar-refractivity contribution is 6.36. The molecule has 4 nitrogen and oxygen atoms in total. The molecule has 4 rings (SSSR count). The quantitative estimate of drug-likeness (QED) is 0.377. The number of benzene rings is 3. The third-order valence-electron chi connectivity index (χ3n) is 5.56. The number of imide groups is 1. The van der Waals surface area contributed by atoms with E-state index < -0.39 is 29.4 Å². The number of rotatable bonds is 5. The molecule has 2 amide bonds. The van der Waals surface area contributed by atoms with Gasteiger partial charge in [-0.2, -0.15) is 13.2 Å². The van der Waals surface area contributed by atoms with Crippen molar-refractivity contribution in [2.75, 3.05) is 5.32 Å². The van der Waals surface area contributed by atoms with Crippen molar-refractivity contribution in [3.8, 4) is 0 Å². The van der Waals surface area contributed by atoms with Crippen LogP contribution >= 0.6 is 0 Å². The van der Waals surface area contributed by atoms with Crippen LogP contribution in [0, 0.1) is 19.7 Å². The molecule has 1 aliphatic rings. The van der Waals surface area contributed by atoms with E-state index in [1.807, 2.05) is 13.0 Å². The zero-order valence-electron chi connectivity index (χ0n) is 18.3. The van der Waals surface area contributed by atoms with E-state index in [0.717, 1.165) is 22.6 Å². The first kappa shape index (κ1) is 23.2. The van der Waals surface area contributed by atoms with Crippen LogP contribution < -0.4 is 5.32 Å². The smallest absolute Gasteiger partial charge is 0.350 e. The minimum atomic E-state index is -4.57. The lowest BCUT2D eigenvalue weighted by atomic mass is 9.97. The second kappa shape index (κ2) is 8.78. The van der Waals surface area contributed by atoms with Gasteiger partial charge in [-0.15, -0.1) is 0 Å². The molecule has 1 aliphatic heterocycles. The van der Waals surface area contributed by atoms with Gasteiger partial charge in [-0.05, 0) is 49.2 Å². The first-order chi connectivity index (χ1) is 16.1. The Hall–Kier alpha value is -3.94. The van der Waals surface area contributed by atoms with Gasteiger partial charge in [-0.3, -0.25) is 14.5 Å². The number of anilines is 1.